The highest BCUT2D eigenvalue weighted by Crippen LogP contribution is 2.28. The van der Waals surface area contributed by atoms with Gasteiger partial charge in [0.25, 0.3) is 0 Å². The fourth-order valence-electron chi connectivity index (χ4n) is 2.33. The average molecular weight is 331 g/mol. The molecule has 1 fully saturated rings. The van der Waals surface area contributed by atoms with E-state index in [-0.39, 0.29) is 29.3 Å². The van der Waals surface area contributed by atoms with Crippen molar-refractivity contribution in [1.29, 1.82) is 0 Å². The fraction of sp³-hybridized carbons (Fsp3) is 0.500. The summed E-state index contributed by atoms with van der Waals surface area (Å²) in [6.45, 7) is 1.71. The Balaban J connectivity index is 2.01. The maximum atomic E-state index is 13.6. The molecule has 2 unspecified atom stereocenters. The highest BCUT2D eigenvalue weighted by atomic mass is 32.2. The highest BCUT2D eigenvalue weighted by Gasteiger charge is 2.34. The predicted molar refractivity (Wildman–Crippen MR) is 81.5 cm³/mol. The summed E-state index contributed by atoms with van der Waals surface area (Å²) < 4.78 is 36.6. The van der Waals surface area contributed by atoms with Crippen molar-refractivity contribution in [1.82, 2.24) is 4.90 Å². The molecule has 1 aromatic rings. The minimum atomic E-state index is -3.03. The summed E-state index contributed by atoms with van der Waals surface area (Å²) in [6, 6.07) is 6.03. The Hall–Kier alpha value is -1.08. The first-order valence-electron chi connectivity index (χ1n) is 6.68. The van der Waals surface area contributed by atoms with Crippen LogP contribution in [0.25, 0.3) is 0 Å². The van der Waals surface area contributed by atoms with Crippen LogP contribution >= 0.6 is 11.8 Å². The van der Waals surface area contributed by atoms with Crippen molar-refractivity contribution in [2.75, 3.05) is 18.6 Å². The van der Waals surface area contributed by atoms with Gasteiger partial charge < -0.3 is 4.90 Å². The van der Waals surface area contributed by atoms with Crippen LogP contribution in [-0.2, 0) is 14.6 Å². The molecule has 0 aromatic heterocycles. The van der Waals surface area contributed by atoms with Gasteiger partial charge in [0.05, 0.1) is 16.8 Å². The number of nitrogens with zero attached hydrogens (tertiary/aromatic N) is 1. The van der Waals surface area contributed by atoms with E-state index in [4.69, 9.17) is 0 Å². The van der Waals surface area contributed by atoms with E-state index in [0.29, 0.717) is 11.3 Å². The van der Waals surface area contributed by atoms with Gasteiger partial charge in [0.1, 0.15) is 5.82 Å². The van der Waals surface area contributed by atoms with Crippen LogP contribution in [0.1, 0.15) is 13.3 Å². The first kappa shape index (κ1) is 16.3. The molecule has 1 aliphatic heterocycles. The molecule has 1 aromatic carbocycles. The molecule has 1 saturated heterocycles. The summed E-state index contributed by atoms with van der Waals surface area (Å²) in [4.78, 5) is 14.3. The number of rotatable bonds is 4. The van der Waals surface area contributed by atoms with E-state index in [1.54, 1.807) is 32.2 Å². The molecule has 0 spiro atoms. The molecule has 2 atom stereocenters. The smallest absolute Gasteiger partial charge is 0.235 e. The van der Waals surface area contributed by atoms with Crippen LogP contribution in [0, 0.1) is 5.82 Å². The maximum absolute atomic E-state index is 13.6. The molecule has 116 valence electrons. The lowest BCUT2D eigenvalue weighted by Gasteiger charge is -2.26. The van der Waals surface area contributed by atoms with Crippen molar-refractivity contribution >= 4 is 27.5 Å². The Morgan fingerprint density at radius 1 is 1.43 bits per heavy atom. The summed E-state index contributed by atoms with van der Waals surface area (Å²) in [7, 11) is -1.41. The van der Waals surface area contributed by atoms with Gasteiger partial charge in [0, 0.05) is 18.0 Å². The quantitative estimate of drug-likeness (QED) is 0.792. The van der Waals surface area contributed by atoms with Crippen molar-refractivity contribution in [3.8, 4) is 0 Å². The number of carbonyl (C=O) groups excluding carboxylic acids is 1. The summed E-state index contributed by atoms with van der Waals surface area (Å²) in [5.41, 5.74) is 0. The third-order valence-corrected chi connectivity index (χ3v) is 6.48. The van der Waals surface area contributed by atoms with Crippen molar-refractivity contribution in [3.63, 3.8) is 0 Å². The summed E-state index contributed by atoms with van der Waals surface area (Å²) in [5, 5.41) is -0.463. The molecule has 0 N–H and O–H groups in total. The van der Waals surface area contributed by atoms with Gasteiger partial charge in [-0.25, -0.2) is 12.8 Å². The second-order valence-electron chi connectivity index (χ2n) is 5.20. The van der Waals surface area contributed by atoms with E-state index in [0.717, 1.165) is 11.8 Å². The number of hydrogen-bond acceptors (Lipinski definition) is 4. The standard InChI is InChI=1S/C14H18FNO3S2/c1-10(20-13-6-4-3-5-12(13)15)14(17)16(2)11-7-8-21(18,19)9-11/h3-6,10-11H,7-9H2,1-2H3. The van der Waals surface area contributed by atoms with Gasteiger partial charge in [0.2, 0.25) is 5.91 Å². The number of amides is 1. The van der Waals surface area contributed by atoms with Gasteiger partial charge in [-0.1, -0.05) is 12.1 Å². The van der Waals surface area contributed by atoms with Gasteiger partial charge in [0.15, 0.2) is 9.84 Å². The lowest BCUT2D eigenvalue weighted by Crippen LogP contribution is -2.41. The third kappa shape index (κ3) is 3.97. The Bertz CT molecular complexity index is 633. The molecule has 1 amide bonds. The van der Waals surface area contributed by atoms with Gasteiger partial charge >= 0.3 is 0 Å². The van der Waals surface area contributed by atoms with Crippen molar-refractivity contribution in [2.45, 2.75) is 29.5 Å². The van der Waals surface area contributed by atoms with Crippen LogP contribution in [0.2, 0.25) is 0 Å². The summed E-state index contributed by atoms with van der Waals surface area (Å²) in [6.07, 6.45) is 0.474. The molecule has 2 rings (SSSR count). The first-order valence-corrected chi connectivity index (χ1v) is 9.38. The number of benzene rings is 1. The topological polar surface area (TPSA) is 54.5 Å². The van der Waals surface area contributed by atoms with Gasteiger partial charge in [-0.2, -0.15) is 0 Å². The molecule has 4 nitrogen and oxygen atoms in total. The van der Waals surface area contributed by atoms with Crippen LogP contribution in [0.15, 0.2) is 29.2 Å². The highest BCUT2D eigenvalue weighted by molar-refractivity contribution is 8.00. The Morgan fingerprint density at radius 2 is 2.10 bits per heavy atom. The Morgan fingerprint density at radius 3 is 2.67 bits per heavy atom. The lowest BCUT2D eigenvalue weighted by atomic mass is 10.2. The SMILES string of the molecule is CC(Sc1ccccc1F)C(=O)N(C)C1CCS(=O)(=O)C1. The third-order valence-electron chi connectivity index (χ3n) is 3.59. The average Bonchev–Trinajstić information content (AvgIpc) is 2.80. The number of hydrogen-bond donors (Lipinski definition) is 0. The Labute approximate surface area is 128 Å². The van der Waals surface area contributed by atoms with Gasteiger partial charge in [-0.3, -0.25) is 4.79 Å². The molecule has 21 heavy (non-hydrogen) atoms. The molecular formula is C14H18FNO3S2. The summed E-state index contributed by atoms with van der Waals surface area (Å²) >= 11 is 1.15. The van der Waals surface area contributed by atoms with Gasteiger partial charge in [-0.05, 0) is 25.5 Å². The number of sulfone groups is 1. The second kappa shape index (κ2) is 6.36. The Kier molecular flexibility index (Phi) is 4.93. The minimum Gasteiger partial charge on any atom is -0.341 e. The van der Waals surface area contributed by atoms with Crippen molar-refractivity contribution < 1.29 is 17.6 Å². The van der Waals surface area contributed by atoms with E-state index in [1.165, 1.54) is 11.0 Å². The first-order chi connectivity index (χ1) is 9.80. The van der Waals surface area contributed by atoms with E-state index >= 15 is 0 Å². The molecule has 0 bridgehead atoms. The monoisotopic (exact) mass is 331 g/mol. The van der Waals surface area contributed by atoms with Crippen LogP contribution in [0.3, 0.4) is 0 Å². The predicted octanol–water partition coefficient (Wildman–Crippen LogP) is 1.95. The number of thioether (sulfide) groups is 1. The molecule has 1 aliphatic rings. The number of carbonyl (C=O) groups is 1. The molecule has 1 heterocycles. The van der Waals surface area contributed by atoms with Gasteiger partial charge in [-0.15, -0.1) is 11.8 Å². The molecule has 0 saturated carbocycles. The van der Waals surface area contributed by atoms with Crippen LogP contribution < -0.4 is 0 Å². The molecule has 7 heteroatoms. The second-order valence-corrected chi connectivity index (χ2v) is 8.81. The van der Waals surface area contributed by atoms with E-state index in [9.17, 15) is 17.6 Å². The zero-order valence-electron chi connectivity index (χ0n) is 12.0. The normalized spacial score (nSPS) is 22.0. The van der Waals surface area contributed by atoms with Crippen LogP contribution in [0.4, 0.5) is 4.39 Å². The minimum absolute atomic E-state index is 0.0202. The molecule has 0 radical (unpaired) electrons. The zero-order valence-corrected chi connectivity index (χ0v) is 13.6. The van der Waals surface area contributed by atoms with Crippen LogP contribution in [-0.4, -0.2) is 49.1 Å². The maximum Gasteiger partial charge on any atom is 0.235 e. The summed E-state index contributed by atoms with van der Waals surface area (Å²) in [5.74, 6) is -0.380. The zero-order chi connectivity index (χ0) is 15.6. The van der Waals surface area contributed by atoms with Crippen molar-refractivity contribution in [3.05, 3.63) is 30.1 Å². The lowest BCUT2D eigenvalue weighted by molar-refractivity contribution is -0.130. The van der Waals surface area contributed by atoms with Crippen LogP contribution in [0.5, 0.6) is 0 Å². The molecule has 0 aliphatic carbocycles. The van der Waals surface area contributed by atoms with E-state index in [1.807, 2.05) is 0 Å². The van der Waals surface area contributed by atoms with Crippen molar-refractivity contribution in [2.24, 2.45) is 0 Å². The molecular weight excluding hydrogens is 313 g/mol. The van der Waals surface area contributed by atoms with E-state index < -0.39 is 15.1 Å². The fourth-order valence-corrected chi connectivity index (χ4v) is 5.09. The number of halogens is 1. The van der Waals surface area contributed by atoms with E-state index in [2.05, 4.69) is 0 Å². The largest absolute Gasteiger partial charge is 0.341 e.